The van der Waals surface area contributed by atoms with Gasteiger partial charge in [0.15, 0.2) is 5.65 Å². The largest absolute Gasteiger partial charge is 0.443 e. The molecule has 0 saturated carbocycles. The van der Waals surface area contributed by atoms with E-state index in [4.69, 9.17) is 16.3 Å². The molecular weight excluding hydrogens is 322 g/mol. The monoisotopic (exact) mass is 339 g/mol. The van der Waals surface area contributed by atoms with E-state index in [0.29, 0.717) is 5.82 Å². The molecule has 124 valence electrons. The first-order valence-electron chi connectivity index (χ1n) is 6.87. The molecule has 8 nitrogen and oxygen atoms in total. The number of anilines is 1. The van der Waals surface area contributed by atoms with E-state index in [0.717, 1.165) is 0 Å². The molecule has 2 amide bonds. The van der Waals surface area contributed by atoms with Crippen LogP contribution >= 0.6 is 11.6 Å². The van der Waals surface area contributed by atoms with Crippen molar-refractivity contribution in [3.63, 3.8) is 0 Å². The van der Waals surface area contributed by atoms with Crippen LogP contribution in [0.4, 0.5) is 10.6 Å². The Morgan fingerprint density at radius 1 is 1.39 bits per heavy atom. The molecule has 2 rings (SSSR count). The van der Waals surface area contributed by atoms with Gasteiger partial charge in [0.05, 0.1) is 6.20 Å². The number of ether oxygens (including phenoxy) is 1. The second-order valence-electron chi connectivity index (χ2n) is 5.85. The lowest BCUT2D eigenvalue weighted by Gasteiger charge is -2.24. The van der Waals surface area contributed by atoms with Gasteiger partial charge in [0.1, 0.15) is 22.1 Å². The highest BCUT2D eigenvalue weighted by molar-refractivity contribution is 6.30. The molecule has 2 aromatic rings. The predicted octanol–water partition coefficient (Wildman–Crippen LogP) is 2.11. The molecular formula is C14H18ClN5O3. The fourth-order valence-corrected chi connectivity index (χ4v) is 2.05. The van der Waals surface area contributed by atoms with Crippen molar-refractivity contribution in [2.24, 2.45) is 0 Å². The topological polar surface area (TPSA) is 88.8 Å². The van der Waals surface area contributed by atoms with Crippen molar-refractivity contribution < 1.29 is 14.3 Å². The summed E-state index contributed by atoms with van der Waals surface area (Å²) in [4.78, 5) is 29.4. The summed E-state index contributed by atoms with van der Waals surface area (Å²) < 4.78 is 6.68. The number of nitrogens with one attached hydrogen (secondary N) is 1. The van der Waals surface area contributed by atoms with Crippen LogP contribution in [0.2, 0.25) is 5.15 Å². The third-order valence-electron chi connectivity index (χ3n) is 2.90. The van der Waals surface area contributed by atoms with Crippen LogP contribution in [0.15, 0.2) is 12.3 Å². The number of fused-ring (bicyclic) bond motifs is 1. The summed E-state index contributed by atoms with van der Waals surface area (Å²) in [6, 6.07) is 1.47. The summed E-state index contributed by atoms with van der Waals surface area (Å²) in [5, 5.41) is 6.75. The summed E-state index contributed by atoms with van der Waals surface area (Å²) in [7, 11) is 3.03. The molecule has 0 aliphatic heterocycles. The molecule has 0 spiro atoms. The molecule has 9 heteroatoms. The summed E-state index contributed by atoms with van der Waals surface area (Å²) in [5.74, 6) is -0.00922. The molecule has 0 bridgehead atoms. The molecule has 0 radical (unpaired) electrons. The third kappa shape index (κ3) is 3.53. The highest BCUT2D eigenvalue weighted by atomic mass is 35.5. The third-order valence-corrected chi connectivity index (χ3v) is 3.10. The Kier molecular flexibility index (Phi) is 4.46. The van der Waals surface area contributed by atoms with E-state index in [-0.39, 0.29) is 22.3 Å². The molecule has 2 heterocycles. The van der Waals surface area contributed by atoms with E-state index in [1.807, 2.05) is 0 Å². The minimum atomic E-state index is -0.640. The quantitative estimate of drug-likeness (QED) is 0.846. The molecule has 0 fully saturated rings. The summed E-state index contributed by atoms with van der Waals surface area (Å²) >= 11 is 6.02. The highest BCUT2D eigenvalue weighted by Gasteiger charge is 2.24. The molecule has 0 aliphatic rings. The van der Waals surface area contributed by atoms with Gasteiger partial charge >= 0.3 is 6.09 Å². The van der Waals surface area contributed by atoms with E-state index >= 15 is 0 Å². The van der Waals surface area contributed by atoms with Crippen LogP contribution < -0.4 is 10.2 Å². The first-order valence-corrected chi connectivity index (χ1v) is 7.25. The Bertz CT molecular complexity index is 766. The van der Waals surface area contributed by atoms with Crippen LogP contribution in [0.1, 0.15) is 31.1 Å². The van der Waals surface area contributed by atoms with Gasteiger partial charge in [0, 0.05) is 20.2 Å². The summed E-state index contributed by atoms with van der Waals surface area (Å²) in [5.41, 5.74) is -0.130. The van der Waals surface area contributed by atoms with Crippen molar-refractivity contribution in [2.75, 3.05) is 19.0 Å². The van der Waals surface area contributed by atoms with Crippen molar-refractivity contribution in [1.29, 1.82) is 0 Å². The Labute approximate surface area is 138 Å². The number of hydrogen-bond acceptors (Lipinski definition) is 5. The van der Waals surface area contributed by atoms with Gasteiger partial charge in [-0.25, -0.2) is 9.78 Å². The van der Waals surface area contributed by atoms with Gasteiger partial charge < -0.3 is 10.1 Å². The second kappa shape index (κ2) is 6.04. The van der Waals surface area contributed by atoms with Crippen molar-refractivity contribution in [3.05, 3.63) is 23.0 Å². The second-order valence-corrected chi connectivity index (χ2v) is 6.24. The first kappa shape index (κ1) is 17.0. The molecule has 0 unspecified atom stereocenters. The lowest BCUT2D eigenvalue weighted by atomic mass is 10.2. The molecule has 1 N–H and O–H groups in total. The lowest BCUT2D eigenvalue weighted by Crippen LogP contribution is -2.35. The molecule has 0 saturated heterocycles. The number of hydrogen-bond donors (Lipinski definition) is 1. The minimum absolute atomic E-state index is 0.133. The van der Waals surface area contributed by atoms with Crippen LogP contribution in [0.25, 0.3) is 5.65 Å². The number of rotatable bonds is 2. The fraction of sp³-hybridized carbons (Fsp3) is 0.429. The van der Waals surface area contributed by atoms with Gasteiger partial charge in [0.2, 0.25) is 0 Å². The standard InChI is InChI=1S/C14H18ClN5O3/c1-14(2,3)23-13(22)19(5)10-6-9(15)18-11-8(12(21)16-4)7-17-20(10)11/h6-7H,1-5H3,(H,16,21). The van der Waals surface area contributed by atoms with Gasteiger partial charge in [-0.15, -0.1) is 0 Å². The number of aromatic nitrogens is 3. The molecule has 0 aliphatic carbocycles. The van der Waals surface area contributed by atoms with E-state index in [2.05, 4.69) is 15.4 Å². The maximum absolute atomic E-state index is 12.2. The van der Waals surface area contributed by atoms with E-state index < -0.39 is 11.7 Å². The Balaban J connectivity index is 2.51. The molecule has 0 aromatic carbocycles. The molecule has 0 atom stereocenters. The van der Waals surface area contributed by atoms with Gasteiger partial charge in [0.25, 0.3) is 5.91 Å². The fourth-order valence-electron chi connectivity index (χ4n) is 1.88. The maximum Gasteiger partial charge on any atom is 0.415 e. The number of carbonyl (C=O) groups is 2. The van der Waals surface area contributed by atoms with Gasteiger partial charge in [-0.05, 0) is 20.8 Å². The van der Waals surface area contributed by atoms with Gasteiger partial charge in [-0.3, -0.25) is 9.69 Å². The Morgan fingerprint density at radius 2 is 2.04 bits per heavy atom. The lowest BCUT2D eigenvalue weighted by molar-refractivity contribution is 0.0587. The zero-order valence-corrected chi connectivity index (χ0v) is 14.3. The number of nitrogens with zero attached hydrogens (tertiary/aromatic N) is 4. The average molecular weight is 340 g/mol. The van der Waals surface area contributed by atoms with E-state index in [9.17, 15) is 9.59 Å². The summed E-state index contributed by atoms with van der Waals surface area (Å²) in [6.07, 6.45) is 0.794. The molecule has 23 heavy (non-hydrogen) atoms. The number of carbonyl (C=O) groups excluding carboxylic acids is 2. The number of amides is 2. The smallest absolute Gasteiger partial charge is 0.415 e. The van der Waals surface area contributed by atoms with Crippen LogP contribution in [0, 0.1) is 0 Å². The van der Waals surface area contributed by atoms with Gasteiger partial charge in [-0.2, -0.15) is 9.61 Å². The van der Waals surface area contributed by atoms with Crippen LogP contribution in [0.3, 0.4) is 0 Å². The van der Waals surface area contributed by atoms with E-state index in [1.165, 1.54) is 35.8 Å². The number of halogens is 1. The Morgan fingerprint density at radius 3 is 2.61 bits per heavy atom. The average Bonchev–Trinajstić information content (AvgIpc) is 2.86. The normalized spacial score (nSPS) is 11.4. The van der Waals surface area contributed by atoms with Crippen molar-refractivity contribution in [2.45, 2.75) is 26.4 Å². The van der Waals surface area contributed by atoms with Gasteiger partial charge in [-0.1, -0.05) is 11.6 Å². The Hall–Kier alpha value is -2.35. The zero-order valence-electron chi connectivity index (χ0n) is 13.5. The zero-order chi connectivity index (χ0) is 17.4. The van der Waals surface area contributed by atoms with Crippen LogP contribution in [-0.2, 0) is 4.74 Å². The van der Waals surface area contributed by atoms with Crippen LogP contribution in [-0.4, -0.2) is 46.3 Å². The summed E-state index contributed by atoms with van der Waals surface area (Å²) in [6.45, 7) is 5.31. The first-order chi connectivity index (χ1) is 10.6. The molecule has 2 aromatic heterocycles. The maximum atomic E-state index is 12.2. The van der Waals surface area contributed by atoms with E-state index in [1.54, 1.807) is 20.8 Å². The van der Waals surface area contributed by atoms with Crippen LogP contribution in [0.5, 0.6) is 0 Å². The predicted molar refractivity (Wildman–Crippen MR) is 86.0 cm³/mol. The van der Waals surface area contributed by atoms with Crippen molar-refractivity contribution in [3.8, 4) is 0 Å². The highest BCUT2D eigenvalue weighted by Crippen LogP contribution is 2.23. The SMILES string of the molecule is CNC(=O)c1cnn2c(N(C)C(=O)OC(C)(C)C)cc(Cl)nc12. The van der Waals surface area contributed by atoms with Crippen molar-refractivity contribution >= 4 is 35.1 Å². The van der Waals surface area contributed by atoms with Crippen molar-refractivity contribution in [1.82, 2.24) is 19.9 Å². The minimum Gasteiger partial charge on any atom is -0.443 e.